The first-order chi connectivity index (χ1) is 9.24. The van der Waals surface area contributed by atoms with Crippen LogP contribution in [-0.2, 0) is 4.79 Å². The second-order valence-corrected chi connectivity index (χ2v) is 4.26. The zero-order valence-electron chi connectivity index (χ0n) is 10.4. The average molecular weight is 250 g/mol. The van der Waals surface area contributed by atoms with E-state index < -0.39 is 0 Å². The van der Waals surface area contributed by atoms with E-state index in [2.05, 4.69) is 21.4 Å². The molecule has 3 aromatic rings. The van der Waals surface area contributed by atoms with Crippen LogP contribution in [0.2, 0.25) is 0 Å². The van der Waals surface area contributed by atoms with Gasteiger partial charge >= 0.3 is 0 Å². The minimum Gasteiger partial charge on any atom is -0.346 e. The fraction of sp³-hybridized carbons (Fsp3) is 0.0667. The van der Waals surface area contributed by atoms with Crippen LogP contribution in [0.3, 0.4) is 0 Å². The highest BCUT2D eigenvalue weighted by Crippen LogP contribution is 2.28. The third kappa shape index (κ3) is 2.20. The van der Waals surface area contributed by atoms with E-state index in [1.165, 1.54) is 6.92 Å². The summed E-state index contributed by atoms with van der Waals surface area (Å²) in [7, 11) is 0. The molecule has 93 valence electrons. The highest BCUT2D eigenvalue weighted by molar-refractivity contribution is 5.94. The molecule has 0 atom stereocenters. The van der Waals surface area contributed by atoms with Crippen molar-refractivity contribution in [3.8, 4) is 11.1 Å². The number of fused-ring (bicyclic) bond motifs is 1. The van der Waals surface area contributed by atoms with Crippen LogP contribution in [0.25, 0.3) is 22.2 Å². The number of aromatic nitrogens is 2. The Morgan fingerprint density at radius 1 is 1.32 bits per heavy atom. The van der Waals surface area contributed by atoms with E-state index >= 15 is 0 Å². The van der Waals surface area contributed by atoms with E-state index in [-0.39, 0.29) is 5.91 Å². The quantitative estimate of drug-likeness (QED) is 0.734. The molecule has 19 heavy (non-hydrogen) atoms. The van der Waals surface area contributed by atoms with Gasteiger partial charge in [0.1, 0.15) is 5.65 Å². The molecule has 0 aliphatic heterocycles. The van der Waals surface area contributed by atoms with Gasteiger partial charge in [0.25, 0.3) is 0 Å². The number of rotatable bonds is 2. The second-order valence-electron chi connectivity index (χ2n) is 4.26. The van der Waals surface area contributed by atoms with Gasteiger partial charge in [-0.3, -0.25) is 4.79 Å². The number of carbonyl (C=O) groups excluding carboxylic acids is 1. The van der Waals surface area contributed by atoms with Gasteiger partial charge in [-0.15, -0.1) is 0 Å². The molecule has 0 bridgehead atoms. The molecule has 0 saturated heterocycles. The van der Waals surface area contributed by atoms with Crippen molar-refractivity contribution in [3.05, 3.63) is 48.8 Å². The van der Waals surface area contributed by atoms with Crippen molar-refractivity contribution in [2.75, 3.05) is 5.32 Å². The number of para-hydroxylation sites is 1. The van der Waals surface area contributed by atoms with Crippen molar-refractivity contribution >= 4 is 22.6 Å². The highest BCUT2D eigenvalue weighted by atomic mass is 16.1. The predicted octanol–water partition coefficient (Wildman–Crippen LogP) is 2.99. The standard InChI is InChI=1S/C15H12N3O/c1-10(19)18-14-5-3-2-4-13(14)12-8-11-6-7-16-15(11)17-9-12/h2-7,9H,1H3,(H,16,17)(H,18,19). The molecule has 0 saturated carbocycles. The summed E-state index contributed by atoms with van der Waals surface area (Å²) < 4.78 is 0. The number of amides is 1. The lowest BCUT2D eigenvalue weighted by molar-refractivity contribution is -0.114. The van der Waals surface area contributed by atoms with Crippen molar-refractivity contribution in [2.24, 2.45) is 0 Å². The van der Waals surface area contributed by atoms with Gasteiger partial charge in [0.15, 0.2) is 0 Å². The van der Waals surface area contributed by atoms with Crippen molar-refractivity contribution in [1.29, 1.82) is 0 Å². The summed E-state index contributed by atoms with van der Waals surface area (Å²) in [5.41, 5.74) is 3.34. The summed E-state index contributed by atoms with van der Waals surface area (Å²) in [6.07, 6.45) is 3.58. The molecule has 0 aliphatic rings. The van der Waals surface area contributed by atoms with Crippen LogP contribution >= 0.6 is 0 Å². The van der Waals surface area contributed by atoms with Gasteiger partial charge in [0.05, 0.1) is 0 Å². The van der Waals surface area contributed by atoms with Gasteiger partial charge in [-0.2, -0.15) is 0 Å². The molecule has 1 radical (unpaired) electrons. The Balaban J connectivity index is 2.12. The minimum absolute atomic E-state index is 0.0943. The number of H-pyrrole nitrogens is 1. The van der Waals surface area contributed by atoms with Gasteiger partial charge < -0.3 is 10.3 Å². The monoisotopic (exact) mass is 250 g/mol. The Morgan fingerprint density at radius 3 is 3.00 bits per heavy atom. The third-order valence-corrected chi connectivity index (χ3v) is 2.85. The predicted molar refractivity (Wildman–Crippen MR) is 74.7 cm³/mol. The van der Waals surface area contributed by atoms with Gasteiger partial charge in [-0.1, -0.05) is 18.2 Å². The summed E-state index contributed by atoms with van der Waals surface area (Å²) in [4.78, 5) is 18.6. The normalized spacial score (nSPS) is 10.6. The summed E-state index contributed by atoms with van der Waals surface area (Å²) in [5.74, 6) is -0.0943. The third-order valence-electron chi connectivity index (χ3n) is 2.85. The maximum absolute atomic E-state index is 11.2. The maximum Gasteiger partial charge on any atom is 0.221 e. The van der Waals surface area contributed by atoms with Crippen LogP contribution in [0.4, 0.5) is 5.69 Å². The number of aromatic amines is 1. The summed E-state index contributed by atoms with van der Waals surface area (Å²) in [6, 6.07) is 12.8. The molecular formula is C15H12N3O. The SMILES string of the molecule is CC(=O)Nc1ccccc1-c1[c]c2cc[nH]c2nc1. The lowest BCUT2D eigenvalue weighted by Crippen LogP contribution is -2.06. The van der Waals surface area contributed by atoms with Gasteiger partial charge in [0, 0.05) is 47.6 Å². The molecular weight excluding hydrogens is 238 g/mol. The molecule has 0 fully saturated rings. The molecule has 1 aromatic carbocycles. The van der Waals surface area contributed by atoms with Crippen molar-refractivity contribution in [2.45, 2.75) is 6.92 Å². The summed E-state index contributed by atoms with van der Waals surface area (Å²) in [6.45, 7) is 1.49. The Labute approximate surface area is 110 Å². The average Bonchev–Trinajstić information content (AvgIpc) is 2.86. The first kappa shape index (κ1) is 11.5. The molecule has 2 heterocycles. The molecule has 2 N–H and O–H groups in total. The van der Waals surface area contributed by atoms with Crippen LogP contribution in [0, 0.1) is 6.07 Å². The molecule has 4 nitrogen and oxygen atoms in total. The fourth-order valence-corrected chi connectivity index (χ4v) is 2.03. The van der Waals surface area contributed by atoms with Crippen LogP contribution in [0.5, 0.6) is 0 Å². The number of anilines is 1. The zero-order valence-corrected chi connectivity index (χ0v) is 10.4. The molecule has 0 spiro atoms. The number of nitrogens with zero attached hydrogens (tertiary/aromatic N) is 1. The van der Waals surface area contributed by atoms with E-state index in [1.54, 1.807) is 6.20 Å². The van der Waals surface area contributed by atoms with Crippen LogP contribution in [0.1, 0.15) is 6.92 Å². The van der Waals surface area contributed by atoms with Crippen molar-refractivity contribution < 1.29 is 4.79 Å². The lowest BCUT2D eigenvalue weighted by atomic mass is 10.0. The Kier molecular flexibility index (Phi) is 2.76. The van der Waals surface area contributed by atoms with E-state index in [4.69, 9.17) is 0 Å². The Hall–Kier alpha value is -2.62. The van der Waals surface area contributed by atoms with E-state index in [9.17, 15) is 4.79 Å². The van der Waals surface area contributed by atoms with Crippen molar-refractivity contribution in [1.82, 2.24) is 9.97 Å². The lowest BCUT2D eigenvalue weighted by Gasteiger charge is -2.09. The number of hydrogen-bond acceptors (Lipinski definition) is 2. The first-order valence-corrected chi connectivity index (χ1v) is 5.96. The molecule has 1 amide bonds. The number of hydrogen-bond donors (Lipinski definition) is 2. The number of carbonyl (C=O) groups is 1. The number of pyridine rings is 1. The smallest absolute Gasteiger partial charge is 0.221 e. The van der Waals surface area contributed by atoms with Crippen LogP contribution in [-0.4, -0.2) is 15.9 Å². The largest absolute Gasteiger partial charge is 0.346 e. The van der Waals surface area contributed by atoms with Crippen molar-refractivity contribution in [3.63, 3.8) is 0 Å². The topological polar surface area (TPSA) is 57.8 Å². The maximum atomic E-state index is 11.2. The van der Waals surface area contributed by atoms with E-state index in [0.717, 1.165) is 27.8 Å². The summed E-state index contributed by atoms with van der Waals surface area (Å²) >= 11 is 0. The Morgan fingerprint density at radius 2 is 2.16 bits per heavy atom. The minimum atomic E-state index is -0.0943. The Bertz CT molecular complexity index is 746. The first-order valence-electron chi connectivity index (χ1n) is 5.96. The van der Waals surface area contributed by atoms with Gasteiger partial charge in [-0.25, -0.2) is 4.98 Å². The molecule has 2 aromatic heterocycles. The second kappa shape index (κ2) is 4.57. The molecule has 3 rings (SSSR count). The number of benzene rings is 1. The number of nitrogens with one attached hydrogen (secondary N) is 2. The van der Waals surface area contributed by atoms with Gasteiger partial charge in [0.2, 0.25) is 5.91 Å². The molecule has 4 heteroatoms. The van der Waals surface area contributed by atoms with Gasteiger partial charge in [-0.05, 0) is 12.1 Å². The molecule has 0 unspecified atom stereocenters. The molecule has 0 aliphatic carbocycles. The van der Waals surface area contributed by atoms with E-state index in [1.807, 2.05) is 36.5 Å². The fourth-order valence-electron chi connectivity index (χ4n) is 2.03. The van der Waals surface area contributed by atoms with Crippen LogP contribution < -0.4 is 5.32 Å². The zero-order chi connectivity index (χ0) is 13.2. The van der Waals surface area contributed by atoms with E-state index in [0.29, 0.717) is 0 Å². The summed E-state index contributed by atoms with van der Waals surface area (Å²) in [5, 5.41) is 3.75. The van der Waals surface area contributed by atoms with Crippen LogP contribution in [0.15, 0.2) is 42.7 Å². The highest BCUT2D eigenvalue weighted by Gasteiger charge is 2.07.